The van der Waals surface area contributed by atoms with Gasteiger partial charge in [-0.05, 0) is 36.9 Å². The van der Waals surface area contributed by atoms with Crippen LogP contribution in [0.15, 0.2) is 5.10 Å². The van der Waals surface area contributed by atoms with Gasteiger partial charge in [-0.25, -0.2) is 0 Å². The van der Waals surface area contributed by atoms with E-state index >= 15 is 0 Å². The second-order valence-electron chi connectivity index (χ2n) is 5.75. The average Bonchev–Trinajstić information content (AvgIpc) is 2.63. The summed E-state index contributed by atoms with van der Waals surface area (Å²) in [6.45, 7) is 0. The zero-order valence-electron chi connectivity index (χ0n) is 10.4. The third-order valence-electron chi connectivity index (χ3n) is 4.88. The lowest BCUT2D eigenvalue weighted by atomic mass is 9.65. The Morgan fingerprint density at radius 2 is 1.89 bits per heavy atom. The first-order valence-electron chi connectivity index (χ1n) is 6.85. The third-order valence-corrected chi connectivity index (χ3v) is 4.97. The molecule has 0 aromatic rings. The molecule has 0 amide bonds. The van der Waals surface area contributed by atoms with E-state index in [-0.39, 0.29) is 16.8 Å². The first-order valence-corrected chi connectivity index (χ1v) is 7.26. The molecule has 4 unspecified atom stereocenters. The summed E-state index contributed by atoms with van der Waals surface area (Å²) in [4.78, 5) is 12.4. The highest BCUT2D eigenvalue weighted by atomic mass is 32.1. The van der Waals surface area contributed by atoms with E-state index in [0.29, 0.717) is 17.5 Å². The van der Waals surface area contributed by atoms with E-state index < -0.39 is 0 Å². The number of nitrogens with one attached hydrogen (secondary N) is 1. The van der Waals surface area contributed by atoms with E-state index in [2.05, 4.69) is 10.5 Å². The molecule has 4 nitrogen and oxygen atoms in total. The maximum atomic E-state index is 12.4. The molecule has 3 rings (SSSR count). The summed E-state index contributed by atoms with van der Waals surface area (Å²) in [5.41, 5.74) is 8.71. The summed E-state index contributed by atoms with van der Waals surface area (Å²) >= 11 is 4.76. The van der Waals surface area contributed by atoms with Crippen LogP contribution in [0.1, 0.15) is 38.5 Å². The number of Topliss-reactive ketones (excluding diaryl/α,β-unsaturated/α-hetero) is 1. The van der Waals surface area contributed by atoms with Crippen molar-refractivity contribution in [1.82, 2.24) is 5.43 Å². The Hall–Kier alpha value is -0.970. The Morgan fingerprint density at radius 3 is 2.56 bits per heavy atom. The Labute approximate surface area is 112 Å². The Kier molecular flexibility index (Phi) is 3.09. The minimum Gasteiger partial charge on any atom is -0.375 e. The number of hydrogen-bond acceptors (Lipinski definition) is 3. The van der Waals surface area contributed by atoms with Crippen LogP contribution < -0.4 is 11.2 Å². The first kappa shape index (κ1) is 12.1. The Morgan fingerprint density at radius 1 is 1.22 bits per heavy atom. The molecule has 3 saturated carbocycles. The van der Waals surface area contributed by atoms with Crippen molar-refractivity contribution < 1.29 is 4.79 Å². The summed E-state index contributed by atoms with van der Waals surface area (Å²) in [7, 11) is 0. The van der Waals surface area contributed by atoms with Crippen molar-refractivity contribution >= 4 is 28.8 Å². The topological polar surface area (TPSA) is 67.5 Å². The van der Waals surface area contributed by atoms with Crippen molar-refractivity contribution in [1.29, 1.82) is 0 Å². The molecule has 3 aliphatic rings. The minimum absolute atomic E-state index is 0.137. The maximum Gasteiger partial charge on any atom is 0.184 e. The molecular weight excluding hydrogens is 246 g/mol. The van der Waals surface area contributed by atoms with Gasteiger partial charge in [0.2, 0.25) is 0 Å². The zero-order valence-corrected chi connectivity index (χ0v) is 11.2. The van der Waals surface area contributed by atoms with Crippen molar-refractivity contribution in [3.05, 3.63) is 0 Å². The molecular formula is C13H19N3OS. The fraction of sp³-hybridized carbons (Fsp3) is 0.769. The van der Waals surface area contributed by atoms with Gasteiger partial charge < -0.3 is 5.73 Å². The van der Waals surface area contributed by atoms with Gasteiger partial charge in [-0.2, -0.15) is 5.10 Å². The van der Waals surface area contributed by atoms with Crippen LogP contribution in [0.5, 0.6) is 0 Å². The summed E-state index contributed by atoms with van der Waals surface area (Å²) in [6.07, 6.45) is 7.14. The maximum absolute atomic E-state index is 12.4. The second-order valence-corrected chi connectivity index (χ2v) is 6.19. The van der Waals surface area contributed by atoms with Crippen molar-refractivity contribution in [3.8, 4) is 0 Å². The van der Waals surface area contributed by atoms with Crippen LogP contribution in [0.25, 0.3) is 0 Å². The lowest BCUT2D eigenvalue weighted by Crippen LogP contribution is -2.34. The summed E-state index contributed by atoms with van der Waals surface area (Å²) < 4.78 is 0. The molecule has 0 bridgehead atoms. The summed E-state index contributed by atoms with van der Waals surface area (Å²) in [5, 5.41) is 4.34. The summed E-state index contributed by atoms with van der Waals surface area (Å²) in [5.74, 6) is 2.11. The Balaban J connectivity index is 1.90. The molecule has 0 spiro atoms. The molecule has 0 radical (unpaired) electrons. The van der Waals surface area contributed by atoms with Crippen LogP contribution in [0.3, 0.4) is 0 Å². The van der Waals surface area contributed by atoms with Crippen LogP contribution in [-0.2, 0) is 4.79 Å². The van der Waals surface area contributed by atoms with Gasteiger partial charge in [0, 0.05) is 11.8 Å². The van der Waals surface area contributed by atoms with Gasteiger partial charge in [0.15, 0.2) is 10.9 Å². The number of rotatable bonds is 1. The normalized spacial score (nSPS) is 40.7. The average molecular weight is 265 g/mol. The predicted octanol–water partition coefficient (Wildman–Crippen LogP) is 1.59. The molecule has 3 fully saturated rings. The molecule has 5 heteroatoms. The molecule has 18 heavy (non-hydrogen) atoms. The third kappa shape index (κ3) is 1.85. The van der Waals surface area contributed by atoms with Crippen LogP contribution >= 0.6 is 12.2 Å². The Bertz CT molecular complexity index is 418. The van der Waals surface area contributed by atoms with Gasteiger partial charge in [0.25, 0.3) is 0 Å². The number of hydrogen-bond donors (Lipinski definition) is 2. The molecule has 98 valence electrons. The van der Waals surface area contributed by atoms with E-state index in [1.54, 1.807) is 0 Å². The summed E-state index contributed by atoms with van der Waals surface area (Å²) in [6, 6.07) is 0. The van der Waals surface area contributed by atoms with E-state index in [1.807, 2.05) is 0 Å². The smallest absolute Gasteiger partial charge is 0.184 e. The fourth-order valence-corrected chi connectivity index (χ4v) is 4.35. The number of carbonyl (C=O) groups excluding carboxylic acids is 1. The highest BCUT2D eigenvalue weighted by Gasteiger charge is 2.53. The number of nitrogens with two attached hydrogens (primary N) is 1. The number of thiocarbonyl (C=S) groups is 1. The van der Waals surface area contributed by atoms with Crippen molar-refractivity contribution in [2.24, 2.45) is 34.5 Å². The highest BCUT2D eigenvalue weighted by Crippen LogP contribution is 2.51. The number of carbonyl (C=O) groups is 1. The van der Waals surface area contributed by atoms with E-state index in [1.165, 1.54) is 25.7 Å². The van der Waals surface area contributed by atoms with Crippen molar-refractivity contribution in [2.45, 2.75) is 38.5 Å². The molecule has 0 saturated heterocycles. The van der Waals surface area contributed by atoms with Gasteiger partial charge >= 0.3 is 0 Å². The van der Waals surface area contributed by atoms with Crippen molar-refractivity contribution in [2.75, 3.05) is 0 Å². The quantitative estimate of drug-likeness (QED) is 0.558. The molecule has 4 atom stereocenters. The fourth-order valence-electron chi connectivity index (χ4n) is 4.30. The van der Waals surface area contributed by atoms with Gasteiger partial charge in [-0.15, -0.1) is 0 Å². The second kappa shape index (κ2) is 4.61. The van der Waals surface area contributed by atoms with Crippen molar-refractivity contribution in [3.63, 3.8) is 0 Å². The van der Waals surface area contributed by atoms with Gasteiger partial charge in [-0.3, -0.25) is 10.2 Å². The largest absolute Gasteiger partial charge is 0.375 e. The van der Waals surface area contributed by atoms with Gasteiger partial charge in [-0.1, -0.05) is 25.7 Å². The lowest BCUT2D eigenvalue weighted by Gasteiger charge is -2.39. The molecule has 0 aliphatic heterocycles. The molecule has 0 heterocycles. The predicted molar refractivity (Wildman–Crippen MR) is 74.0 cm³/mol. The molecule has 0 aromatic heterocycles. The standard InChI is InChI=1S/C13H19N3OS/c14-13(18)16-15-11-8-5-1-3-7-4-2-6-9(10(7)8)12(11)17/h7-10H,1-6H2,(H3,14,16,18)/b15-11-. The van der Waals surface area contributed by atoms with E-state index in [0.717, 1.165) is 18.8 Å². The number of ketones is 1. The van der Waals surface area contributed by atoms with Gasteiger partial charge in [0.05, 0.1) is 0 Å². The number of hydrazone groups is 1. The monoisotopic (exact) mass is 265 g/mol. The van der Waals surface area contributed by atoms with Crippen LogP contribution in [0, 0.1) is 23.7 Å². The molecule has 3 N–H and O–H groups in total. The minimum atomic E-state index is 0.137. The highest BCUT2D eigenvalue weighted by molar-refractivity contribution is 7.80. The van der Waals surface area contributed by atoms with Gasteiger partial charge in [0.1, 0.15) is 5.71 Å². The van der Waals surface area contributed by atoms with Crippen LogP contribution in [0.2, 0.25) is 0 Å². The van der Waals surface area contributed by atoms with Crippen LogP contribution in [-0.4, -0.2) is 16.6 Å². The SMILES string of the molecule is NC(=S)N/N=C1\C(=O)C2CCCC3CCCC1C32. The first-order chi connectivity index (χ1) is 8.68. The molecule has 0 aromatic carbocycles. The lowest BCUT2D eigenvalue weighted by molar-refractivity contribution is -0.118. The van der Waals surface area contributed by atoms with E-state index in [9.17, 15) is 4.79 Å². The molecule has 3 aliphatic carbocycles. The zero-order chi connectivity index (χ0) is 12.7. The van der Waals surface area contributed by atoms with E-state index in [4.69, 9.17) is 18.0 Å². The van der Waals surface area contributed by atoms with Crippen LogP contribution in [0.4, 0.5) is 0 Å². The number of nitrogens with zero attached hydrogens (tertiary/aromatic N) is 1.